The molecule has 9 aromatic carbocycles. The lowest BCUT2D eigenvalue weighted by Crippen LogP contribution is -2.74. The number of hydrogen-bond donors (Lipinski definition) is 0. The topological polar surface area (TPSA) is 28.7 Å². The molecule has 0 radical (unpaired) electrons. The molecule has 0 atom stereocenters. The summed E-state index contributed by atoms with van der Waals surface area (Å²) in [6, 6.07) is 91.6. The van der Waals surface area contributed by atoms with E-state index in [0.29, 0.717) is 5.56 Å². The largest absolute Gasteiger partial charge is 0.309 e. The highest BCUT2D eigenvalue weighted by Gasteiger charge is 2.43. The van der Waals surface area contributed by atoms with Gasteiger partial charge in [0.1, 0.15) is 0 Å². The summed E-state index contributed by atoms with van der Waals surface area (Å²) >= 11 is 0. The highest BCUT2D eigenvalue weighted by atomic mass is 28.3. The van der Waals surface area contributed by atoms with E-state index in [4.69, 9.17) is 0 Å². The Morgan fingerprint density at radius 1 is 0.305 bits per heavy atom. The van der Waals surface area contributed by atoms with Gasteiger partial charge < -0.3 is 4.57 Å². The summed E-state index contributed by atoms with van der Waals surface area (Å²) in [6.07, 6.45) is 0. The van der Waals surface area contributed by atoms with E-state index in [1.165, 1.54) is 52.3 Å². The van der Waals surface area contributed by atoms with Crippen molar-refractivity contribution < 1.29 is 0 Å². The van der Waals surface area contributed by atoms with E-state index in [1.807, 2.05) is 18.2 Å². The number of hydrogen-bond acceptors (Lipinski definition) is 1. The van der Waals surface area contributed by atoms with Gasteiger partial charge in [-0.25, -0.2) is 0 Å². The molecule has 0 spiro atoms. The van der Waals surface area contributed by atoms with Crippen LogP contribution >= 0.6 is 0 Å². The van der Waals surface area contributed by atoms with Gasteiger partial charge in [-0.3, -0.25) is 0 Å². The van der Waals surface area contributed by atoms with Crippen LogP contribution in [0, 0.1) is 11.3 Å². The summed E-state index contributed by atoms with van der Waals surface area (Å²) in [7, 11) is -5.68. The number of nitriles is 1. The molecular weight excluding hydrogens is 745 g/mol. The third-order valence-electron chi connectivity index (χ3n) is 12.1. The predicted molar refractivity (Wildman–Crippen MR) is 253 cm³/mol. The van der Waals surface area contributed by atoms with Crippen LogP contribution in [0.3, 0.4) is 0 Å². The fraction of sp³-hybridized carbons (Fsp3) is 0. The molecular formula is C55H40N2Si2. The zero-order valence-electron chi connectivity index (χ0n) is 32.5. The first kappa shape index (κ1) is 36.1. The number of aromatic nitrogens is 1. The van der Waals surface area contributed by atoms with Gasteiger partial charge in [-0.05, 0) is 71.8 Å². The summed E-state index contributed by atoms with van der Waals surface area (Å²) < 4.78 is 2.35. The van der Waals surface area contributed by atoms with Crippen LogP contribution in [0.1, 0.15) is 5.56 Å². The Labute approximate surface area is 347 Å². The van der Waals surface area contributed by atoms with Crippen molar-refractivity contribution >= 4 is 79.4 Å². The van der Waals surface area contributed by atoms with E-state index >= 15 is 0 Å². The van der Waals surface area contributed by atoms with Gasteiger partial charge in [-0.2, -0.15) is 5.26 Å². The SMILES string of the molecule is N#Cc1cccc(-n2c3ccc([Si](c4ccccc4)(c4ccccc4)c4ccccc4)cc3c3cc([Si](c4ccccc4)(c4ccccc4)c4ccccc4)ccc32)c1. The Bertz CT molecular complexity index is 2710. The molecule has 0 bridgehead atoms. The van der Waals surface area contributed by atoms with E-state index in [1.54, 1.807) is 0 Å². The first-order valence-electron chi connectivity index (χ1n) is 20.2. The molecule has 1 heterocycles. The molecule has 1 aromatic heterocycles. The van der Waals surface area contributed by atoms with Crippen molar-refractivity contribution in [3.8, 4) is 11.8 Å². The van der Waals surface area contributed by atoms with Crippen LogP contribution in [-0.4, -0.2) is 20.7 Å². The van der Waals surface area contributed by atoms with Crippen LogP contribution in [0.5, 0.6) is 0 Å². The maximum atomic E-state index is 10.0. The predicted octanol–water partition coefficient (Wildman–Crippen LogP) is 7.41. The van der Waals surface area contributed by atoms with E-state index in [2.05, 4.69) is 235 Å². The Hall–Kier alpha value is -7.30. The fourth-order valence-corrected chi connectivity index (χ4v) is 19.2. The van der Waals surface area contributed by atoms with Crippen molar-refractivity contribution in [1.82, 2.24) is 4.57 Å². The first-order valence-corrected chi connectivity index (χ1v) is 24.2. The van der Waals surface area contributed by atoms with Crippen LogP contribution in [0.25, 0.3) is 27.5 Å². The second kappa shape index (κ2) is 15.2. The zero-order chi connectivity index (χ0) is 39.7. The van der Waals surface area contributed by atoms with Gasteiger partial charge in [-0.1, -0.05) is 212 Å². The molecule has 0 unspecified atom stereocenters. The lowest BCUT2D eigenvalue weighted by atomic mass is 10.1. The molecule has 0 fully saturated rings. The number of fused-ring (bicyclic) bond motifs is 3. The molecule has 0 aliphatic heterocycles. The molecule has 10 rings (SSSR count). The molecule has 0 saturated heterocycles. The summed E-state index contributed by atoms with van der Waals surface area (Å²) in [5.74, 6) is 0. The summed E-state index contributed by atoms with van der Waals surface area (Å²) in [6.45, 7) is 0. The molecule has 0 N–H and O–H groups in total. The van der Waals surface area contributed by atoms with Gasteiger partial charge in [0.25, 0.3) is 0 Å². The average molecular weight is 785 g/mol. The number of nitrogens with zero attached hydrogens (tertiary/aromatic N) is 2. The standard InChI is InChI=1S/C55H40N2Si2/c56-41-42-20-19-21-43(38-42)57-54-36-34-50(58(44-22-7-1-8-23-44,45-24-9-2-10-25-45)46-26-11-3-12-27-46)39-52(54)53-40-51(35-37-55(53)57)59(47-28-13-4-14-29-47,48-30-15-5-16-31-48)49-32-17-6-18-33-49/h1-40H. The number of benzene rings is 9. The molecule has 10 aromatic rings. The van der Waals surface area contributed by atoms with E-state index in [9.17, 15) is 5.26 Å². The second-order valence-electron chi connectivity index (χ2n) is 15.2. The molecule has 59 heavy (non-hydrogen) atoms. The fourth-order valence-electron chi connectivity index (χ4n) is 9.61. The van der Waals surface area contributed by atoms with Gasteiger partial charge in [0.05, 0.1) is 22.7 Å². The lowest BCUT2D eigenvalue weighted by Gasteiger charge is -2.34. The summed E-state index contributed by atoms with van der Waals surface area (Å²) in [5.41, 5.74) is 3.83. The van der Waals surface area contributed by atoms with Crippen LogP contribution in [0.2, 0.25) is 0 Å². The monoisotopic (exact) mass is 784 g/mol. The lowest BCUT2D eigenvalue weighted by molar-refractivity contribution is 1.18. The van der Waals surface area contributed by atoms with Crippen molar-refractivity contribution in [3.05, 3.63) is 248 Å². The van der Waals surface area contributed by atoms with Gasteiger partial charge in [0.2, 0.25) is 0 Å². The van der Waals surface area contributed by atoms with Gasteiger partial charge in [0, 0.05) is 16.5 Å². The van der Waals surface area contributed by atoms with Crippen molar-refractivity contribution in [1.29, 1.82) is 5.26 Å². The molecule has 0 amide bonds. The van der Waals surface area contributed by atoms with Crippen molar-refractivity contribution in [2.45, 2.75) is 0 Å². The molecule has 0 aliphatic rings. The molecule has 0 saturated carbocycles. The van der Waals surface area contributed by atoms with Crippen molar-refractivity contribution in [2.75, 3.05) is 0 Å². The maximum Gasteiger partial charge on any atom is 0.179 e. The van der Waals surface area contributed by atoms with Gasteiger partial charge >= 0.3 is 0 Å². The normalized spacial score (nSPS) is 11.7. The van der Waals surface area contributed by atoms with Gasteiger partial charge in [0.15, 0.2) is 16.1 Å². The third-order valence-corrected chi connectivity index (χ3v) is 21.7. The minimum absolute atomic E-state index is 0.637. The minimum atomic E-state index is -2.84. The van der Waals surface area contributed by atoms with Crippen LogP contribution in [0.4, 0.5) is 0 Å². The van der Waals surface area contributed by atoms with Crippen LogP contribution in [0.15, 0.2) is 243 Å². The van der Waals surface area contributed by atoms with E-state index < -0.39 is 16.1 Å². The van der Waals surface area contributed by atoms with Crippen LogP contribution in [-0.2, 0) is 0 Å². The Morgan fingerprint density at radius 3 is 0.932 bits per heavy atom. The Kier molecular flexibility index (Phi) is 9.31. The van der Waals surface area contributed by atoms with Crippen molar-refractivity contribution in [2.24, 2.45) is 0 Å². The maximum absolute atomic E-state index is 10.0. The van der Waals surface area contributed by atoms with Crippen molar-refractivity contribution in [3.63, 3.8) is 0 Å². The average Bonchev–Trinajstić information content (AvgIpc) is 3.65. The summed E-state index contributed by atoms with van der Waals surface area (Å²) in [4.78, 5) is 0. The van der Waals surface area contributed by atoms with Crippen LogP contribution < -0.4 is 41.5 Å². The van der Waals surface area contributed by atoms with Gasteiger partial charge in [-0.15, -0.1) is 0 Å². The highest BCUT2D eigenvalue weighted by Crippen LogP contribution is 2.32. The quantitative estimate of drug-likeness (QED) is 0.111. The van der Waals surface area contributed by atoms with E-state index in [0.717, 1.165) is 16.7 Å². The minimum Gasteiger partial charge on any atom is -0.309 e. The first-order chi connectivity index (χ1) is 29.2. The molecule has 2 nitrogen and oxygen atoms in total. The van der Waals surface area contributed by atoms with E-state index in [-0.39, 0.29) is 0 Å². The summed E-state index contributed by atoms with van der Waals surface area (Å²) in [5, 5.41) is 23.1. The molecule has 4 heteroatoms. The number of rotatable bonds is 9. The zero-order valence-corrected chi connectivity index (χ0v) is 34.5. The third kappa shape index (κ3) is 5.91. The smallest absolute Gasteiger partial charge is 0.179 e. The highest BCUT2D eigenvalue weighted by molar-refractivity contribution is 7.20. The molecule has 278 valence electrons. The Morgan fingerprint density at radius 2 is 0.627 bits per heavy atom. The second-order valence-corrected chi connectivity index (χ2v) is 22.8. The Balaban J connectivity index is 1.35. The molecule has 0 aliphatic carbocycles.